The van der Waals surface area contributed by atoms with E-state index in [0.717, 1.165) is 0 Å². The number of carbonyl (C=O) groups is 3. The van der Waals surface area contributed by atoms with Crippen LogP contribution in [0.25, 0.3) is 0 Å². The van der Waals surface area contributed by atoms with Crippen molar-refractivity contribution in [2.24, 2.45) is 5.92 Å². The lowest BCUT2D eigenvalue weighted by atomic mass is 9.96. The van der Waals surface area contributed by atoms with Crippen LogP contribution in [0, 0.1) is 5.92 Å². The molecule has 0 spiro atoms. The summed E-state index contributed by atoms with van der Waals surface area (Å²) in [5, 5.41) is 0. The molecule has 0 N–H and O–H groups in total. The molecule has 1 atom stereocenters. The molecule has 0 bridgehead atoms. The molecule has 0 saturated heterocycles. The molecule has 0 amide bonds. The van der Waals surface area contributed by atoms with Gasteiger partial charge in [-0.3, -0.25) is 9.59 Å². The van der Waals surface area contributed by atoms with Crippen molar-refractivity contribution in [3.63, 3.8) is 0 Å². The van der Waals surface area contributed by atoms with E-state index in [4.69, 9.17) is 0 Å². The molecule has 1 unspecified atom stereocenters. The second-order valence-electron chi connectivity index (χ2n) is 8.15. The molecule has 0 aromatic rings. The third-order valence-electron chi connectivity index (χ3n) is 4.82. The maximum atomic E-state index is 13.6. The molecule has 0 aliphatic carbocycles. The van der Waals surface area contributed by atoms with Gasteiger partial charge in [0, 0.05) is 5.57 Å². The van der Waals surface area contributed by atoms with Crippen molar-refractivity contribution in [1.29, 1.82) is 0 Å². The van der Waals surface area contributed by atoms with Crippen molar-refractivity contribution in [3.05, 3.63) is 12.2 Å². The van der Waals surface area contributed by atoms with Crippen molar-refractivity contribution in [1.82, 2.24) is 0 Å². The van der Waals surface area contributed by atoms with Crippen LogP contribution in [-0.4, -0.2) is 92.3 Å². The highest BCUT2D eigenvalue weighted by Gasteiger charge is 2.76. The molecule has 0 saturated carbocycles. The first-order valence-electron chi connectivity index (χ1n) is 10.4. The third-order valence-corrected chi connectivity index (χ3v) is 4.82. The average Bonchev–Trinajstić information content (AvgIpc) is 2.86. The maximum Gasteiger partial charge on any atom is 0.422 e. The van der Waals surface area contributed by atoms with Gasteiger partial charge in [0.15, 0.2) is 19.8 Å². The van der Waals surface area contributed by atoms with E-state index in [2.05, 4.69) is 20.8 Å². The van der Waals surface area contributed by atoms with E-state index >= 15 is 0 Å². The van der Waals surface area contributed by atoms with Crippen LogP contribution in [0.5, 0.6) is 0 Å². The van der Waals surface area contributed by atoms with Crippen LogP contribution in [0.3, 0.4) is 0 Å². The molecule has 0 radical (unpaired) electrons. The zero-order valence-electron chi connectivity index (χ0n) is 20.4. The van der Waals surface area contributed by atoms with Crippen LogP contribution in [0.1, 0.15) is 6.42 Å². The first-order valence-corrected chi connectivity index (χ1v) is 10.4. The van der Waals surface area contributed by atoms with E-state index in [9.17, 15) is 97.8 Å². The van der Waals surface area contributed by atoms with Gasteiger partial charge in [0.05, 0.1) is 12.3 Å². The van der Waals surface area contributed by atoms with Gasteiger partial charge in [0.1, 0.15) is 0 Å². The monoisotopic (exact) mass is 698 g/mol. The van der Waals surface area contributed by atoms with Gasteiger partial charge in [-0.25, -0.2) is 22.4 Å². The van der Waals surface area contributed by atoms with Crippen molar-refractivity contribution in [2.75, 3.05) is 19.8 Å². The number of hydrogen-bond acceptors (Lipinski definition) is 6. The lowest BCUT2D eigenvalue weighted by molar-refractivity contribution is -0.344. The average molecular weight is 698 g/mol. The van der Waals surface area contributed by atoms with Crippen LogP contribution in [0.4, 0.5) is 83.4 Å². The molecule has 0 fully saturated rings. The van der Waals surface area contributed by atoms with Crippen molar-refractivity contribution < 1.29 is 112 Å². The molecule has 44 heavy (non-hydrogen) atoms. The first-order chi connectivity index (χ1) is 19.3. The molecule has 6 nitrogen and oxygen atoms in total. The van der Waals surface area contributed by atoms with Crippen LogP contribution in [0.15, 0.2) is 12.2 Å². The molecule has 0 aliphatic heterocycles. The summed E-state index contributed by atoms with van der Waals surface area (Å²) in [5.41, 5.74) is -1.86. The molecular formula is C19H13F19O6. The smallest absolute Gasteiger partial charge is 0.422 e. The molecule has 0 heterocycles. The fourth-order valence-corrected chi connectivity index (χ4v) is 2.33. The highest BCUT2D eigenvalue weighted by Crippen LogP contribution is 2.50. The Kier molecular flexibility index (Phi) is 12.5. The van der Waals surface area contributed by atoms with E-state index in [1.165, 1.54) is 0 Å². The lowest BCUT2D eigenvalue weighted by Crippen LogP contribution is -2.59. The first kappa shape index (κ1) is 40.8. The van der Waals surface area contributed by atoms with E-state index < -0.39 is 110 Å². The molecule has 0 aromatic carbocycles. The number of carbonyl (C=O) groups excluding carboxylic acids is 3. The van der Waals surface area contributed by atoms with E-state index in [0.29, 0.717) is 0 Å². The quantitative estimate of drug-likeness (QED) is 0.0842. The summed E-state index contributed by atoms with van der Waals surface area (Å²) >= 11 is 0. The molecular weight excluding hydrogens is 685 g/mol. The highest BCUT2D eigenvalue weighted by molar-refractivity contribution is 5.96. The highest BCUT2D eigenvalue weighted by atomic mass is 19.4. The largest absolute Gasteiger partial charge is 0.459 e. The molecule has 0 aromatic heterocycles. The number of rotatable bonds is 16. The molecule has 258 valence electrons. The zero-order chi connectivity index (χ0) is 35.5. The Hall–Kier alpha value is -3.18. The Labute approximate surface area is 230 Å². The normalized spacial score (nSPS) is 14.8. The Balaban J connectivity index is 6.09. The second kappa shape index (κ2) is 13.4. The Morgan fingerprint density at radius 1 is 0.568 bits per heavy atom. The van der Waals surface area contributed by atoms with Gasteiger partial charge in [-0.15, -0.1) is 0 Å². The second-order valence-corrected chi connectivity index (χ2v) is 8.15. The number of esters is 3. The minimum atomic E-state index is -7.03. The topological polar surface area (TPSA) is 78.9 Å². The van der Waals surface area contributed by atoms with E-state index in [1.807, 2.05) is 0 Å². The number of alkyl halides is 19. The zero-order valence-corrected chi connectivity index (χ0v) is 20.4. The summed E-state index contributed by atoms with van der Waals surface area (Å²) in [6.07, 6.45) is -18.5. The van der Waals surface area contributed by atoms with Crippen molar-refractivity contribution in [2.45, 2.75) is 61.0 Å². The van der Waals surface area contributed by atoms with Crippen LogP contribution in [0.2, 0.25) is 0 Å². The van der Waals surface area contributed by atoms with E-state index in [-0.39, 0.29) is 0 Å². The summed E-state index contributed by atoms with van der Waals surface area (Å²) in [7, 11) is 0. The van der Waals surface area contributed by atoms with Crippen LogP contribution in [-0.2, 0) is 28.6 Å². The number of ether oxygens (including phenoxy) is 3. The lowest BCUT2D eigenvalue weighted by Gasteiger charge is -2.32. The summed E-state index contributed by atoms with van der Waals surface area (Å²) in [5.74, 6) is -51.4. The Morgan fingerprint density at radius 2 is 0.932 bits per heavy atom. The predicted molar refractivity (Wildman–Crippen MR) is 97.9 cm³/mol. The Morgan fingerprint density at radius 3 is 1.27 bits per heavy atom. The van der Waals surface area contributed by atoms with Crippen LogP contribution >= 0.6 is 0 Å². The molecule has 25 heteroatoms. The SMILES string of the molecule is C=C(C(=O)OCC(F)(F)F)C(CC(=O)OCC(F)(F)C(F)(F)C(F)(F)C(F)F)C(=O)OCC(F)(F)C(F)(F)C(F)(F)C(F)F. The summed E-state index contributed by atoms with van der Waals surface area (Å²) in [6.45, 7) is -6.59. The van der Waals surface area contributed by atoms with Crippen molar-refractivity contribution in [3.8, 4) is 0 Å². The number of hydrogen-bond donors (Lipinski definition) is 0. The van der Waals surface area contributed by atoms with Gasteiger partial charge in [-0.05, 0) is 0 Å². The third kappa shape index (κ3) is 8.94. The summed E-state index contributed by atoms with van der Waals surface area (Å²) in [4.78, 5) is 35.5. The summed E-state index contributed by atoms with van der Waals surface area (Å²) in [6, 6.07) is 0. The number of halogens is 19. The van der Waals surface area contributed by atoms with Gasteiger partial charge >= 0.3 is 72.5 Å². The standard InChI is InChI=1S/C19H13F19O6/c1-6(9(40)44-5-15(28,29)30)7(10(41)43-4-14(26,27)19(37,38)17(33,34)12(22)23)2-8(39)42-3-13(24,25)18(35,36)16(31,32)11(20)21/h7,11-12H,1-5H2. The molecule has 0 rings (SSSR count). The van der Waals surface area contributed by atoms with Crippen LogP contribution < -0.4 is 0 Å². The maximum absolute atomic E-state index is 13.6. The van der Waals surface area contributed by atoms with Gasteiger partial charge < -0.3 is 14.2 Å². The minimum absolute atomic E-state index is 1.86. The van der Waals surface area contributed by atoms with Gasteiger partial charge in [0.2, 0.25) is 0 Å². The minimum Gasteiger partial charge on any atom is -0.459 e. The van der Waals surface area contributed by atoms with Gasteiger partial charge in [0.25, 0.3) is 0 Å². The van der Waals surface area contributed by atoms with Gasteiger partial charge in [-0.1, -0.05) is 6.58 Å². The van der Waals surface area contributed by atoms with E-state index in [1.54, 1.807) is 0 Å². The molecule has 0 aliphatic rings. The van der Waals surface area contributed by atoms with Gasteiger partial charge in [-0.2, -0.15) is 65.9 Å². The predicted octanol–water partition coefficient (Wildman–Crippen LogP) is 6.08. The Bertz CT molecular complexity index is 1050. The fourth-order valence-electron chi connectivity index (χ4n) is 2.33. The van der Waals surface area contributed by atoms with Crippen molar-refractivity contribution >= 4 is 17.9 Å². The fraction of sp³-hybridized carbons (Fsp3) is 0.737. The summed E-state index contributed by atoms with van der Waals surface area (Å²) < 4.78 is 255.